The van der Waals surface area contributed by atoms with Gasteiger partial charge in [-0.1, -0.05) is 58.8 Å². The van der Waals surface area contributed by atoms with E-state index in [4.69, 9.17) is 4.65 Å². The first-order valence-corrected chi connectivity index (χ1v) is 6.37. The van der Waals surface area contributed by atoms with Gasteiger partial charge in [-0.15, -0.1) is 0 Å². The quantitative estimate of drug-likeness (QED) is 0.385. The predicted octanol–water partition coefficient (Wildman–Crippen LogP) is 3.47. The van der Waals surface area contributed by atoms with E-state index in [1.54, 1.807) is 0 Å². The van der Waals surface area contributed by atoms with Gasteiger partial charge in [0, 0.05) is 6.10 Å². The minimum absolute atomic E-state index is 0.525. The molecule has 0 saturated heterocycles. The largest absolute Gasteiger partial charge is 0.441 e. The minimum Gasteiger partial charge on any atom is -0.441 e. The number of unbranched alkanes of at least 4 members (excludes halogenated alkanes) is 5. The molecule has 0 aliphatic rings. The van der Waals surface area contributed by atoms with Crippen LogP contribution in [0.15, 0.2) is 0 Å². The third-order valence-corrected chi connectivity index (χ3v) is 2.84. The second kappa shape index (κ2) is 11.1. The summed E-state index contributed by atoms with van der Waals surface area (Å²) in [5, 5.41) is 0. The number of hydrogen-bond acceptors (Lipinski definition) is 1. The highest BCUT2D eigenvalue weighted by Gasteiger charge is 2.04. The van der Waals surface area contributed by atoms with Crippen molar-refractivity contribution < 1.29 is 4.65 Å². The molecule has 2 heteroatoms. The van der Waals surface area contributed by atoms with Crippen molar-refractivity contribution in [1.82, 2.24) is 0 Å². The molecule has 0 N–H and O–H groups in total. The Kier molecular flexibility index (Phi) is 11.1. The summed E-state index contributed by atoms with van der Waals surface area (Å²) < 4.78 is 5.46. The highest BCUT2D eigenvalue weighted by molar-refractivity contribution is 5.98. The number of rotatable bonds is 10. The van der Waals surface area contributed by atoms with Crippen molar-refractivity contribution in [2.24, 2.45) is 0 Å². The molecule has 0 aliphatic heterocycles. The lowest BCUT2D eigenvalue weighted by Gasteiger charge is -2.15. The van der Waals surface area contributed by atoms with E-state index in [1.807, 2.05) is 8.05 Å². The molecule has 1 nitrogen and oxygen atoms in total. The molecule has 0 aromatic rings. The molecule has 0 spiro atoms. The Hall–Kier alpha value is 0.0249. The maximum Gasteiger partial charge on any atom is 0.257 e. The van der Waals surface area contributed by atoms with Gasteiger partial charge in [0.25, 0.3) is 8.05 Å². The Morgan fingerprint density at radius 1 is 0.857 bits per heavy atom. The first kappa shape index (κ1) is 14.0. The Morgan fingerprint density at radius 3 is 2.00 bits per heavy atom. The third-order valence-electron chi connectivity index (χ3n) is 2.84. The first-order valence-electron chi connectivity index (χ1n) is 6.37. The first-order chi connectivity index (χ1) is 6.85. The van der Waals surface area contributed by atoms with Crippen LogP contribution in [0.25, 0.3) is 0 Å². The molecule has 0 rings (SSSR count). The van der Waals surface area contributed by atoms with Crippen molar-refractivity contribution >= 4 is 8.05 Å². The molecule has 1 atom stereocenters. The molecule has 0 saturated carbocycles. The van der Waals surface area contributed by atoms with Crippen LogP contribution in [0.2, 0.25) is 0 Å². The van der Waals surface area contributed by atoms with E-state index in [-0.39, 0.29) is 0 Å². The Balaban J connectivity index is 3.24. The lowest BCUT2D eigenvalue weighted by molar-refractivity contribution is 0.190. The lowest BCUT2D eigenvalue weighted by atomic mass is 10.0. The van der Waals surface area contributed by atoms with Crippen LogP contribution in [-0.2, 0) is 4.65 Å². The molecule has 14 heavy (non-hydrogen) atoms. The molecular weight excluding hydrogens is 171 g/mol. The average molecular weight is 198 g/mol. The average Bonchev–Trinajstić information content (AvgIpc) is 2.22. The van der Waals surface area contributed by atoms with Crippen molar-refractivity contribution in [2.45, 2.75) is 77.7 Å². The van der Waals surface area contributed by atoms with Gasteiger partial charge < -0.3 is 4.65 Å². The van der Waals surface area contributed by atoms with Crippen molar-refractivity contribution in [3.63, 3.8) is 0 Å². The Labute approximate surface area is 91.1 Å². The molecule has 0 radical (unpaired) electrons. The van der Waals surface area contributed by atoms with Gasteiger partial charge in [-0.3, -0.25) is 0 Å². The third kappa shape index (κ3) is 8.62. The van der Waals surface area contributed by atoms with E-state index in [0.717, 1.165) is 0 Å². The summed E-state index contributed by atoms with van der Waals surface area (Å²) in [7, 11) is 1.85. The molecular formula is C12H27BO. The van der Waals surface area contributed by atoms with Gasteiger partial charge in [-0.2, -0.15) is 0 Å². The summed E-state index contributed by atoms with van der Waals surface area (Å²) in [5.41, 5.74) is 0. The molecule has 0 aliphatic carbocycles. The van der Waals surface area contributed by atoms with E-state index < -0.39 is 0 Å². The summed E-state index contributed by atoms with van der Waals surface area (Å²) >= 11 is 0. The molecule has 0 aromatic carbocycles. The molecule has 1 unspecified atom stereocenters. The lowest BCUT2D eigenvalue weighted by Crippen LogP contribution is -2.10. The molecule has 0 aromatic heterocycles. The van der Waals surface area contributed by atoms with Crippen LogP contribution in [0.1, 0.15) is 71.6 Å². The fourth-order valence-electron chi connectivity index (χ4n) is 1.79. The SMILES string of the molecule is BOC(CCCC)CCCCCCC. The summed E-state index contributed by atoms with van der Waals surface area (Å²) in [4.78, 5) is 0. The Morgan fingerprint density at radius 2 is 1.43 bits per heavy atom. The molecule has 0 bridgehead atoms. The molecule has 0 fully saturated rings. The summed E-state index contributed by atoms with van der Waals surface area (Å²) in [5.74, 6) is 0. The second-order valence-corrected chi connectivity index (χ2v) is 4.20. The van der Waals surface area contributed by atoms with Gasteiger partial charge in [-0.25, -0.2) is 0 Å². The van der Waals surface area contributed by atoms with Gasteiger partial charge in [0.05, 0.1) is 0 Å². The molecule has 0 heterocycles. The van der Waals surface area contributed by atoms with E-state index in [9.17, 15) is 0 Å². The van der Waals surface area contributed by atoms with Gasteiger partial charge in [-0.05, 0) is 12.8 Å². The van der Waals surface area contributed by atoms with E-state index >= 15 is 0 Å². The zero-order chi connectivity index (χ0) is 10.6. The monoisotopic (exact) mass is 198 g/mol. The Bertz CT molecular complexity index is 106. The van der Waals surface area contributed by atoms with Crippen molar-refractivity contribution in [1.29, 1.82) is 0 Å². The van der Waals surface area contributed by atoms with Gasteiger partial charge >= 0.3 is 0 Å². The zero-order valence-corrected chi connectivity index (χ0v) is 10.3. The smallest absolute Gasteiger partial charge is 0.257 e. The number of hydrogen-bond donors (Lipinski definition) is 0. The van der Waals surface area contributed by atoms with Crippen LogP contribution < -0.4 is 0 Å². The highest BCUT2D eigenvalue weighted by Crippen LogP contribution is 2.13. The van der Waals surface area contributed by atoms with Gasteiger partial charge in [0.15, 0.2) is 0 Å². The van der Waals surface area contributed by atoms with Gasteiger partial charge in [0.1, 0.15) is 0 Å². The summed E-state index contributed by atoms with van der Waals surface area (Å²) in [6, 6.07) is 0. The van der Waals surface area contributed by atoms with E-state index in [0.29, 0.717) is 6.10 Å². The van der Waals surface area contributed by atoms with Crippen LogP contribution >= 0.6 is 0 Å². The van der Waals surface area contributed by atoms with Crippen LogP contribution in [0.3, 0.4) is 0 Å². The topological polar surface area (TPSA) is 9.23 Å². The van der Waals surface area contributed by atoms with E-state index in [1.165, 1.54) is 57.8 Å². The fourth-order valence-corrected chi connectivity index (χ4v) is 1.79. The predicted molar refractivity (Wildman–Crippen MR) is 66.3 cm³/mol. The van der Waals surface area contributed by atoms with Crippen LogP contribution in [0.5, 0.6) is 0 Å². The van der Waals surface area contributed by atoms with Crippen molar-refractivity contribution in [3.05, 3.63) is 0 Å². The summed E-state index contributed by atoms with van der Waals surface area (Å²) in [6.45, 7) is 4.51. The van der Waals surface area contributed by atoms with Crippen molar-refractivity contribution in [2.75, 3.05) is 0 Å². The maximum atomic E-state index is 5.46. The minimum atomic E-state index is 0.525. The molecule has 84 valence electrons. The van der Waals surface area contributed by atoms with Crippen LogP contribution in [0, 0.1) is 0 Å². The normalized spacial score (nSPS) is 13.0. The maximum absolute atomic E-state index is 5.46. The van der Waals surface area contributed by atoms with Crippen molar-refractivity contribution in [3.8, 4) is 0 Å². The highest BCUT2D eigenvalue weighted by atomic mass is 16.4. The fraction of sp³-hybridized carbons (Fsp3) is 1.00. The second-order valence-electron chi connectivity index (χ2n) is 4.20. The molecule has 0 amide bonds. The standard InChI is InChI=1S/C12H27BO/c1-3-5-7-8-9-11-12(14-13)10-6-4-2/h12H,3-11,13H2,1-2H3. The van der Waals surface area contributed by atoms with E-state index in [2.05, 4.69) is 13.8 Å². The van der Waals surface area contributed by atoms with Crippen LogP contribution in [-0.4, -0.2) is 14.2 Å². The van der Waals surface area contributed by atoms with Crippen LogP contribution in [0.4, 0.5) is 0 Å². The van der Waals surface area contributed by atoms with Gasteiger partial charge in [0.2, 0.25) is 0 Å². The zero-order valence-electron chi connectivity index (χ0n) is 10.3. The summed E-state index contributed by atoms with van der Waals surface area (Å²) in [6.07, 6.45) is 12.5.